The highest BCUT2D eigenvalue weighted by molar-refractivity contribution is 7.90. The van der Waals surface area contributed by atoms with Crippen LogP contribution in [0, 0.1) is 5.82 Å². The molecule has 12 heteroatoms. The van der Waals surface area contributed by atoms with Crippen molar-refractivity contribution in [1.82, 2.24) is 25.5 Å². The van der Waals surface area contributed by atoms with Crippen LogP contribution in [-0.2, 0) is 22.9 Å². The van der Waals surface area contributed by atoms with Crippen molar-refractivity contribution in [1.29, 1.82) is 0 Å². The number of carbonyl (C=O) groups is 1. The minimum atomic E-state index is -3.26. The minimum Gasteiger partial charge on any atom is -0.363 e. The standard InChI is InChI=1S/C21H18ClFN6O3S/c1-33(31,32)14-5-2-12(3-6-14)9-24-20-18-17(28-29-20)19(27-11-26-18)21(30)25-10-13-4-7-16(23)15(22)8-13/h2-8,11H,9-10H2,1H3,(H,25,30)(H2,24,28,29). The van der Waals surface area contributed by atoms with Gasteiger partial charge in [0.05, 0.1) is 9.92 Å². The number of benzene rings is 2. The zero-order valence-electron chi connectivity index (χ0n) is 17.3. The quantitative estimate of drug-likeness (QED) is 0.364. The fraction of sp³-hybridized carbons (Fsp3) is 0.143. The molecule has 2 heterocycles. The van der Waals surface area contributed by atoms with E-state index in [1.54, 1.807) is 12.1 Å². The number of hydrogen-bond acceptors (Lipinski definition) is 7. The number of nitrogens with zero attached hydrogens (tertiary/aromatic N) is 3. The zero-order valence-corrected chi connectivity index (χ0v) is 18.8. The van der Waals surface area contributed by atoms with Crippen LogP contribution in [0.15, 0.2) is 53.7 Å². The molecule has 0 spiro atoms. The number of nitrogens with one attached hydrogen (secondary N) is 3. The van der Waals surface area contributed by atoms with Crippen LogP contribution in [0.4, 0.5) is 10.2 Å². The predicted molar refractivity (Wildman–Crippen MR) is 121 cm³/mol. The van der Waals surface area contributed by atoms with Crippen LogP contribution in [0.1, 0.15) is 21.6 Å². The van der Waals surface area contributed by atoms with E-state index < -0.39 is 21.6 Å². The third-order valence-electron chi connectivity index (χ3n) is 4.81. The van der Waals surface area contributed by atoms with E-state index in [1.807, 2.05) is 0 Å². The molecule has 2 aromatic heterocycles. The lowest BCUT2D eigenvalue weighted by Crippen LogP contribution is -2.24. The number of aromatic nitrogens is 4. The van der Waals surface area contributed by atoms with Crippen molar-refractivity contribution in [3.8, 4) is 0 Å². The molecule has 0 radical (unpaired) electrons. The molecule has 0 bridgehead atoms. The molecule has 0 atom stereocenters. The molecule has 0 saturated carbocycles. The van der Waals surface area contributed by atoms with Gasteiger partial charge < -0.3 is 10.6 Å². The second kappa shape index (κ2) is 9.12. The molecule has 9 nitrogen and oxygen atoms in total. The van der Waals surface area contributed by atoms with Crippen molar-refractivity contribution in [3.63, 3.8) is 0 Å². The summed E-state index contributed by atoms with van der Waals surface area (Å²) in [4.78, 5) is 21.1. The molecule has 4 rings (SSSR count). The maximum atomic E-state index is 13.3. The van der Waals surface area contributed by atoms with Crippen molar-refractivity contribution in [2.24, 2.45) is 0 Å². The Balaban J connectivity index is 1.46. The summed E-state index contributed by atoms with van der Waals surface area (Å²) in [6.07, 6.45) is 2.41. The Hall–Kier alpha value is -3.57. The van der Waals surface area contributed by atoms with Gasteiger partial charge in [0.25, 0.3) is 5.91 Å². The van der Waals surface area contributed by atoms with Gasteiger partial charge in [-0.25, -0.2) is 22.8 Å². The summed E-state index contributed by atoms with van der Waals surface area (Å²) in [5, 5.41) is 12.7. The summed E-state index contributed by atoms with van der Waals surface area (Å²) in [5.74, 6) is -0.582. The number of anilines is 1. The maximum absolute atomic E-state index is 13.3. The number of halogens is 2. The van der Waals surface area contributed by atoms with E-state index in [4.69, 9.17) is 11.6 Å². The van der Waals surface area contributed by atoms with E-state index in [-0.39, 0.29) is 22.2 Å². The first-order chi connectivity index (χ1) is 15.7. The van der Waals surface area contributed by atoms with Gasteiger partial charge in [0.2, 0.25) is 0 Å². The van der Waals surface area contributed by atoms with E-state index >= 15 is 0 Å². The van der Waals surface area contributed by atoms with Crippen LogP contribution in [0.5, 0.6) is 0 Å². The molecule has 3 N–H and O–H groups in total. The van der Waals surface area contributed by atoms with E-state index in [1.165, 1.54) is 36.7 Å². The van der Waals surface area contributed by atoms with E-state index in [9.17, 15) is 17.6 Å². The van der Waals surface area contributed by atoms with Crippen molar-refractivity contribution >= 4 is 44.2 Å². The third-order valence-corrected chi connectivity index (χ3v) is 6.23. The molecule has 4 aromatic rings. The van der Waals surface area contributed by atoms with E-state index in [0.717, 1.165) is 11.8 Å². The largest absolute Gasteiger partial charge is 0.363 e. The number of carbonyl (C=O) groups excluding carboxylic acids is 1. The summed E-state index contributed by atoms with van der Waals surface area (Å²) in [6, 6.07) is 10.7. The van der Waals surface area contributed by atoms with Gasteiger partial charge >= 0.3 is 0 Å². The number of sulfone groups is 1. The lowest BCUT2D eigenvalue weighted by molar-refractivity contribution is 0.0947. The van der Waals surface area contributed by atoms with Gasteiger partial charge in [0, 0.05) is 19.3 Å². The topological polar surface area (TPSA) is 130 Å². The molecular formula is C21H18ClFN6O3S. The second-order valence-electron chi connectivity index (χ2n) is 7.22. The fourth-order valence-corrected chi connectivity index (χ4v) is 3.92. The lowest BCUT2D eigenvalue weighted by atomic mass is 10.2. The van der Waals surface area contributed by atoms with Crippen molar-refractivity contribution < 1.29 is 17.6 Å². The van der Waals surface area contributed by atoms with Crippen LogP contribution in [0.3, 0.4) is 0 Å². The molecule has 0 fully saturated rings. The molecule has 33 heavy (non-hydrogen) atoms. The molecule has 0 unspecified atom stereocenters. The molecule has 170 valence electrons. The molecule has 1 amide bonds. The number of aromatic amines is 1. The SMILES string of the molecule is CS(=O)(=O)c1ccc(CNc2n[nH]c3c(C(=O)NCc4ccc(F)c(Cl)c4)ncnc23)cc1. The Morgan fingerprint density at radius 3 is 2.52 bits per heavy atom. The number of rotatable bonds is 7. The van der Waals surface area contributed by atoms with Gasteiger partial charge in [-0.05, 0) is 35.4 Å². The summed E-state index contributed by atoms with van der Waals surface area (Å²) in [5.41, 5.74) is 2.35. The van der Waals surface area contributed by atoms with Gasteiger partial charge in [0.15, 0.2) is 21.3 Å². The van der Waals surface area contributed by atoms with Crippen molar-refractivity contribution in [3.05, 3.63) is 76.5 Å². The third kappa shape index (κ3) is 5.10. The molecule has 0 aliphatic heterocycles. The van der Waals surface area contributed by atoms with Gasteiger partial charge in [-0.1, -0.05) is 29.8 Å². The highest BCUT2D eigenvalue weighted by Gasteiger charge is 2.17. The average molecular weight is 489 g/mol. The first kappa shape index (κ1) is 22.6. The first-order valence-corrected chi connectivity index (χ1v) is 11.9. The van der Waals surface area contributed by atoms with Crippen LogP contribution in [0.25, 0.3) is 11.0 Å². The molecule has 0 saturated heterocycles. The Labute approximate surface area is 193 Å². The van der Waals surface area contributed by atoms with Crippen molar-refractivity contribution in [2.75, 3.05) is 11.6 Å². The lowest BCUT2D eigenvalue weighted by Gasteiger charge is -2.07. The molecule has 2 aromatic carbocycles. The maximum Gasteiger partial charge on any atom is 0.272 e. The smallest absolute Gasteiger partial charge is 0.272 e. The predicted octanol–water partition coefficient (Wildman–Crippen LogP) is 3.09. The van der Waals surface area contributed by atoms with E-state index in [0.29, 0.717) is 29.0 Å². The minimum absolute atomic E-state index is 0.0265. The Kier molecular flexibility index (Phi) is 6.25. The van der Waals surface area contributed by atoms with Crippen LogP contribution < -0.4 is 10.6 Å². The Bertz CT molecular complexity index is 1440. The fourth-order valence-electron chi connectivity index (χ4n) is 3.09. The highest BCUT2D eigenvalue weighted by Crippen LogP contribution is 2.21. The Morgan fingerprint density at radius 2 is 1.82 bits per heavy atom. The van der Waals surface area contributed by atoms with Gasteiger partial charge in [-0.3, -0.25) is 9.89 Å². The Morgan fingerprint density at radius 1 is 1.09 bits per heavy atom. The molecular weight excluding hydrogens is 471 g/mol. The zero-order chi connectivity index (χ0) is 23.6. The van der Waals surface area contributed by atoms with Gasteiger partial charge in [-0.2, -0.15) is 5.10 Å². The monoisotopic (exact) mass is 488 g/mol. The van der Waals surface area contributed by atoms with Gasteiger partial charge in [0.1, 0.15) is 23.2 Å². The highest BCUT2D eigenvalue weighted by atomic mass is 35.5. The normalized spacial score (nSPS) is 11.5. The van der Waals surface area contributed by atoms with Crippen LogP contribution in [0.2, 0.25) is 5.02 Å². The number of H-pyrrole nitrogens is 1. The summed E-state index contributed by atoms with van der Waals surface area (Å²) in [6.45, 7) is 0.494. The summed E-state index contributed by atoms with van der Waals surface area (Å²) < 4.78 is 36.5. The first-order valence-electron chi connectivity index (χ1n) is 9.66. The number of fused-ring (bicyclic) bond motifs is 1. The number of amides is 1. The van der Waals surface area contributed by atoms with Crippen LogP contribution >= 0.6 is 11.6 Å². The number of hydrogen-bond donors (Lipinski definition) is 3. The second-order valence-corrected chi connectivity index (χ2v) is 9.64. The summed E-state index contributed by atoms with van der Waals surface area (Å²) >= 11 is 5.77. The average Bonchev–Trinajstić information content (AvgIpc) is 3.21. The van der Waals surface area contributed by atoms with E-state index in [2.05, 4.69) is 30.8 Å². The van der Waals surface area contributed by atoms with Gasteiger partial charge in [-0.15, -0.1) is 0 Å². The van der Waals surface area contributed by atoms with Crippen LogP contribution in [-0.4, -0.2) is 40.7 Å². The molecule has 0 aliphatic rings. The molecule has 0 aliphatic carbocycles. The van der Waals surface area contributed by atoms with Crippen molar-refractivity contribution in [2.45, 2.75) is 18.0 Å². The summed E-state index contributed by atoms with van der Waals surface area (Å²) in [7, 11) is -3.26.